The first-order chi connectivity index (χ1) is 8.69. The van der Waals surface area contributed by atoms with E-state index in [4.69, 9.17) is 27.6 Å². The van der Waals surface area contributed by atoms with Crippen LogP contribution in [0.3, 0.4) is 0 Å². The van der Waals surface area contributed by atoms with E-state index in [1.54, 1.807) is 12.1 Å². The molecule has 0 atom stereocenters. The Hall–Kier alpha value is -1.10. The van der Waals surface area contributed by atoms with Gasteiger partial charge in [-0.15, -0.1) is 10.2 Å². The minimum absolute atomic E-state index is 0.529. The lowest BCUT2D eigenvalue weighted by molar-refractivity contribution is 0.441. The number of hydrogen-bond acceptors (Lipinski definition) is 4. The Morgan fingerprint density at radius 1 is 1.17 bits per heavy atom. The highest BCUT2D eigenvalue weighted by Crippen LogP contribution is 2.23. The van der Waals surface area contributed by atoms with Gasteiger partial charge in [0.2, 0.25) is 11.8 Å². The summed E-state index contributed by atoms with van der Waals surface area (Å²) in [6.07, 6.45) is 0.552. The van der Waals surface area contributed by atoms with Crippen molar-refractivity contribution in [3.05, 3.63) is 45.6 Å². The van der Waals surface area contributed by atoms with Gasteiger partial charge in [-0.1, -0.05) is 36.2 Å². The molecule has 1 N–H and O–H groups in total. The van der Waals surface area contributed by atoms with Crippen LogP contribution in [0, 0.1) is 0 Å². The Morgan fingerprint density at radius 2 is 1.94 bits per heavy atom. The maximum Gasteiger partial charge on any atom is 0.230 e. The van der Waals surface area contributed by atoms with Crippen molar-refractivity contribution in [2.45, 2.75) is 19.9 Å². The molecule has 2 aromatic rings. The van der Waals surface area contributed by atoms with Crippen LogP contribution in [-0.4, -0.2) is 16.7 Å². The SMILES string of the molecule is CCNCc1nnc(Cc2ccc(Cl)c(Cl)c2)o1. The molecule has 0 saturated carbocycles. The van der Waals surface area contributed by atoms with Crippen molar-refractivity contribution in [1.29, 1.82) is 0 Å². The van der Waals surface area contributed by atoms with Crippen LogP contribution >= 0.6 is 23.2 Å². The van der Waals surface area contributed by atoms with Crippen LogP contribution in [0.1, 0.15) is 24.3 Å². The molecule has 0 radical (unpaired) electrons. The predicted molar refractivity (Wildman–Crippen MR) is 70.9 cm³/mol. The summed E-state index contributed by atoms with van der Waals surface area (Å²) in [5, 5.41) is 12.1. The zero-order chi connectivity index (χ0) is 13.0. The van der Waals surface area contributed by atoms with Gasteiger partial charge < -0.3 is 9.73 Å². The van der Waals surface area contributed by atoms with Gasteiger partial charge in [0.1, 0.15) is 0 Å². The van der Waals surface area contributed by atoms with Crippen molar-refractivity contribution in [1.82, 2.24) is 15.5 Å². The molecule has 4 nitrogen and oxygen atoms in total. The van der Waals surface area contributed by atoms with E-state index in [2.05, 4.69) is 15.5 Å². The van der Waals surface area contributed by atoms with Crippen LogP contribution in [-0.2, 0) is 13.0 Å². The smallest absolute Gasteiger partial charge is 0.230 e. The molecule has 0 fully saturated rings. The lowest BCUT2D eigenvalue weighted by atomic mass is 10.1. The van der Waals surface area contributed by atoms with Crippen LogP contribution in [0.25, 0.3) is 0 Å². The second-order valence-corrected chi connectivity index (χ2v) is 4.61. The molecule has 96 valence electrons. The third kappa shape index (κ3) is 3.45. The summed E-state index contributed by atoms with van der Waals surface area (Å²) in [4.78, 5) is 0. The highest BCUT2D eigenvalue weighted by Gasteiger charge is 2.07. The summed E-state index contributed by atoms with van der Waals surface area (Å²) >= 11 is 11.8. The number of aromatic nitrogens is 2. The molecule has 18 heavy (non-hydrogen) atoms. The zero-order valence-corrected chi connectivity index (χ0v) is 11.4. The molecule has 1 heterocycles. The second-order valence-electron chi connectivity index (χ2n) is 3.80. The fourth-order valence-electron chi connectivity index (χ4n) is 1.49. The lowest BCUT2D eigenvalue weighted by Crippen LogP contribution is -2.11. The Kier molecular flexibility index (Phi) is 4.58. The molecule has 0 aliphatic heterocycles. The van der Waals surface area contributed by atoms with Crippen LogP contribution in [0.4, 0.5) is 0 Å². The number of benzene rings is 1. The fraction of sp³-hybridized carbons (Fsp3) is 0.333. The number of nitrogens with one attached hydrogen (secondary N) is 1. The maximum absolute atomic E-state index is 5.95. The molecular formula is C12H13Cl2N3O. The average molecular weight is 286 g/mol. The van der Waals surface area contributed by atoms with E-state index in [9.17, 15) is 0 Å². The number of hydrogen-bond donors (Lipinski definition) is 1. The molecule has 2 rings (SSSR count). The van der Waals surface area contributed by atoms with E-state index in [0.29, 0.717) is 34.8 Å². The van der Waals surface area contributed by atoms with Crippen molar-refractivity contribution in [2.24, 2.45) is 0 Å². The lowest BCUT2D eigenvalue weighted by Gasteiger charge is -2.00. The first-order valence-corrected chi connectivity index (χ1v) is 6.40. The Bertz CT molecular complexity index is 528. The van der Waals surface area contributed by atoms with Crippen LogP contribution in [0.5, 0.6) is 0 Å². The number of halogens is 2. The molecular weight excluding hydrogens is 273 g/mol. The molecule has 0 spiro atoms. The van der Waals surface area contributed by atoms with Gasteiger partial charge in [0.15, 0.2) is 0 Å². The predicted octanol–water partition coefficient (Wildman–Crippen LogP) is 3.08. The third-order valence-corrected chi connectivity index (χ3v) is 3.11. The summed E-state index contributed by atoms with van der Waals surface area (Å²) in [6.45, 7) is 3.47. The first-order valence-electron chi connectivity index (χ1n) is 5.65. The summed E-state index contributed by atoms with van der Waals surface area (Å²) in [7, 11) is 0. The van der Waals surface area contributed by atoms with Gasteiger partial charge in [-0.25, -0.2) is 0 Å². The van der Waals surface area contributed by atoms with Crippen LogP contribution < -0.4 is 5.32 Å². The topological polar surface area (TPSA) is 51.0 Å². The quantitative estimate of drug-likeness (QED) is 0.917. The minimum Gasteiger partial charge on any atom is -0.424 e. The number of nitrogens with zero attached hydrogens (tertiary/aromatic N) is 2. The van der Waals surface area contributed by atoms with E-state index in [-0.39, 0.29) is 0 Å². The van der Waals surface area contributed by atoms with Crippen LogP contribution in [0.2, 0.25) is 10.0 Å². The van der Waals surface area contributed by atoms with Gasteiger partial charge in [0.25, 0.3) is 0 Å². The molecule has 0 bridgehead atoms. The van der Waals surface area contributed by atoms with Gasteiger partial charge in [0.05, 0.1) is 23.0 Å². The van der Waals surface area contributed by atoms with E-state index in [1.807, 2.05) is 13.0 Å². The van der Waals surface area contributed by atoms with Gasteiger partial charge in [-0.2, -0.15) is 0 Å². The second kappa shape index (κ2) is 6.18. The Balaban J connectivity index is 2.04. The largest absolute Gasteiger partial charge is 0.424 e. The Labute approximate surface area is 115 Å². The van der Waals surface area contributed by atoms with E-state index >= 15 is 0 Å². The standard InChI is InChI=1S/C12H13Cl2N3O/c1-2-15-7-12-17-16-11(18-12)6-8-3-4-9(13)10(14)5-8/h3-5,15H,2,6-7H2,1H3. The van der Waals surface area contributed by atoms with Crippen molar-refractivity contribution in [2.75, 3.05) is 6.54 Å². The summed E-state index contributed by atoms with van der Waals surface area (Å²) in [5.74, 6) is 1.16. The normalized spacial score (nSPS) is 10.8. The van der Waals surface area contributed by atoms with Gasteiger partial charge in [0, 0.05) is 0 Å². The average Bonchev–Trinajstić information content (AvgIpc) is 2.79. The number of rotatable bonds is 5. The molecule has 0 amide bonds. The fourth-order valence-corrected chi connectivity index (χ4v) is 1.81. The maximum atomic E-state index is 5.95. The third-order valence-electron chi connectivity index (χ3n) is 2.37. The van der Waals surface area contributed by atoms with Crippen molar-refractivity contribution in [3.63, 3.8) is 0 Å². The van der Waals surface area contributed by atoms with Crippen molar-refractivity contribution in [3.8, 4) is 0 Å². The van der Waals surface area contributed by atoms with E-state index < -0.39 is 0 Å². The molecule has 6 heteroatoms. The minimum atomic E-state index is 0.529. The van der Waals surface area contributed by atoms with Crippen LogP contribution in [0.15, 0.2) is 22.6 Å². The molecule has 0 saturated heterocycles. The van der Waals surface area contributed by atoms with Crippen molar-refractivity contribution >= 4 is 23.2 Å². The molecule has 1 aromatic heterocycles. The van der Waals surface area contributed by atoms with Crippen molar-refractivity contribution < 1.29 is 4.42 Å². The highest BCUT2D eigenvalue weighted by atomic mass is 35.5. The summed E-state index contributed by atoms with van der Waals surface area (Å²) < 4.78 is 5.50. The molecule has 0 aliphatic rings. The molecule has 0 aliphatic carbocycles. The van der Waals surface area contributed by atoms with E-state index in [0.717, 1.165) is 12.1 Å². The summed E-state index contributed by atoms with van der Waals surface area (Å²) in [6, 6.07) is 5.45. The Morgan fingerprint density at radius 3 is 2.67 bits per heavy atom. The zero-order valence-electron chi connectivity index (χ0n) is 9.91. The first kappa shape index (κ1) is 13.3. The molecule has 1 aromatic carbocycles. The highest BCUT2D eigenvalue weighted by molar-refractivity contribution is 6.42. The monoisotopic (exact) mass is 285 g/mol. The molecule has 0 unspecified atom stereocenters. The van der Waals surface area contributed by atoms with Gasteiger partial charge >= 0.3 is 0 Å². The summed E-state index contributed by atoms with van der Waals surface area (Å²) in [5.41, 5.74) is 0.989. The van der Waals surface area contributed by atoms with Gasteiger partial charge in [-0.05, 0) is 24.2 Å². The van der Waals surface area contributed by atoms with E-state index in [1.165, 1.54) is 0 Å². The van der Waals surface area contributed by atoms with Gasteiger partial charge in [-0.3, -0.25) is 0 Å².